The van der Waals surface area contributed by atoms with Gasteiger partial charge in [-0.3, -0.25) is 5.43 Å². The Morgan fingerprint density at radius 1 is 1.69 bits per heavy atom. The monoisotopic (exact) mass is 185 g/mol. The van der Waals surface area contributed by atoms with E-state index < -0.39 is 5.82 Å². The van der Waals surface area contributed by atoms with Crippen LogP contribution in [0.25, 0.3) is 0 Å². The molecule has 0 aliphatic carbocycles. The van der Waals surface area contributed by atoms with Gasteiger partial charge in [-0.2, -0.15) is 4.98 Å². The lowest BCUT2D eigenvalue weighted by Crippen LogP contribution is -2.20. The maximum Gasteiger partial charge on any atom is 0.239 e. The van der Waals surface area contributed by atoms with Crippen LogP contribution in [0.2, 0.25) is 0 Å². The van der Waals surface area contributed by atoms with Gasteiger partial charge >= 0.3 is 0 Å². The second kappa shape index (κ2) is 3.99. The standard InChI is InChI=1S/C7H12FN5/c1-3-13(2)6-5(8)4-10-7(11-6)12-9/h4H,3,9H2,1-2H3,(H,10,11,12). The Morgan fingerprint density at radius 3 is 2.92 bits per heavy atom. The first-order valence-corrected chi connectivity index (χ1v) is 3.89. The lowest BCUT2D eigenvalue weighted by molar-refractivity contribution is 0.609. The Labute approximate surface area is 75.8 Å². The van der Waals surface area contributed by atoms with E-state index in [0.29, 0.717) is 6.54 Å². The minimum Gasteiger partial charge on any atom is -0.357 e. The molecule has 13 heavy (non-hydrogen) atoms. The van der Waals surface area contributed by atoms with Gasteiger partial charge in [-0.15, -0.1) is 0 Å². The summed E-state index contributed by atoms with van der Waals surface area (Å²) >= 11 is 0. The Bertz CT molecular complexity index is 290. The molecule has 0 saturated carbocycles. The van der Waals surface area contributed by atoms with Gasteiger partial charge in [0.15, 0.2) is 11.6 Å². The number of rotatable bonds is 3. The minimum absolute atomic E-state index is 0.205. The van der Waals surface area contributed by atoms with Crippen molar-refractivity contribution in [2.45, 2.75) is 6.92 Å². The molecule has 0 spiro atoms. The van der Waals surface area contributed by atoms with Crippen LogP contribution in [0.1, 0.15) is 6.92 Å². The van der Waals surface area contributed by atoms with Crippen molar-refractivity contribution in [1.29, 1.82) is 0 Å². The predicted molar refractivity (Wildman–Crippen MR) is 48.7 cm³/mol. The average molecular weight is 185 g/mol. The summed E-state index contributed by atoms with van der Waals surface area (Å²) in [5.74, 6) is 5.09. The molecule has 0 aliphatic heterocycles. The first kappa shape index (κ1) is 9.66. The van der Waals surface area contributed by atoms with Gasteiger partial charge in [0.2, 0.25) is 5.95 Å². The van der Waals surface area contributed by atoms with Crippen LogP contribution in [0.15, 0.2) is 6.20 Å². The van der Waals surface area contributed by atoms with Crippen LogP contribution in [0.3, 0.4) is 0 Å². The van der Waals surface area contributed by atoms with Crippen molar-refractivity contribution in [1.82, 2.24) is 9.97 Å². The van der Waals surface area contributed by atoms with E-state index in [1.54, 1.807) is 11.9 Å². The summed E-state index contributed by atoms with van der Waals surface area (Å²) in [6, 6.07) is 0. The van der Waals surface area contributed by atoms with Crippen LogP contribution in [0.4, 0.5) is 16.2 Å². The van der Waals surface area contributed by atoms with Crippen molar-refractivity contribution >= 4 is 11.8 Å². The zero-order chi connectivity index (χ0) is 9.84. The van der Waals surface area contributed by atoms with Crippen molar-refractivity contribution in [3.8, 4) is 0 Å². The van der Waals surface area contributed by atoms with E-state index in [9.17, 15) is 4.39 Å². The molecule has 1 aromatic rings. The fourth-order valence-corrected chi connectivity index (χ4v) is 0.845. The third-order valence-corrected chi connectivity index (χ3v) is 1.69. The van der Waals surface area contributed by atoms with Gasteiger partial charge in [0.25, 0.3) is 0 Å². The van der Waals surface area contributed by atoms with Crippen LogP contribution in [-0.2, 0) is 0 Å². The largest absolute Gasteiger partial charge is 0.357 e. The zero-order valence-corrected chi connectivity index (χ0v) is 7.58. The highest BCUT2D eigenvalue weighted by Gasteiger charge is 2.09. The molecule has 6 heteroatoms. The molecule has 1 rings (SSSR count). The van der Waals surface area contributed by atoms with Gasteiger partial charge in [-0.1, -0.05) is 0 Å². The van der Waals surface area contributed by atoms with Crippen molar-refractivity contribution < 1.29 is 4.39 Å². The second-order valence-corrected chi connectivity index (χ2v) is 2.52. The highest BCUT2D eigenvalue weighted by molar-refractivity contribution is 5.42. The summed E-state index contributed by atoms with van der Waals surface area (Å²) in [6.45, 7) is 2.56. The Morgan fingerprint density at radius 2 is 2.38 bits per heavy atom. The summed E-state index contributed by atoms with van der Waals surface area (Å²) in [5.41, 5.74) is 2.26. The number of nitrogens with two attached hydrogens (primary N) is 1. The lowest BCUT2D eigenvalue weighted by Gasteiger charge is -2.16. The second-order valence-electron chi connectivity index (χ2n) is 2.52. The zero-order valence-electron chi connectivity index (χ0n) is 7.58. The molecule has 0 radical (unpaired) electrons. The number of nitrogens with zero attached hydrogens (tertiary/aromatic N) is 3. The maximum atomic E-state index is 13.1. The molecule has 0 unspecified atom stereocenters. The molecular weight excluding hydrogens is 173 g/mol. The number of hydrogen-bond acceptors (Lipinski definition) is 5. The summed E-state index contributed by atoms with van der Waals surface area (Å²) in [5, 5.41) is 0. The summed E-state index contributed by atoms with van der Waals surface area (Å²) in [7, 11) is 1.74. The summed E-state index contributed by atoms with van der Waals surface area (Å²) in [6.07, 6.45) is 1.09. The molecule has 0 aromatic carbocycles. The topological polar surface area (TPSA) is 67.1 Å². The molecule has 3 N–H and O–H groups in total. The number of aromatic nitrogens is 2. The van der Waals surface area contributed by atoms with Crippen molar-refractivity contribution in [3.05, 3.63) is 12.0 Å². The molecule has 0 saturated heterocycles. The van der Waals surface area contributed by atoms with Gasteiger partial charge in [-0.05, 0) is 6.92 Å². The third-order valence-electron chi connectivity index (χ3n) is 1.69. The molecular formula is C7H12FN5. The Balaban J connectivity index is 3.03. The summed E-state index contributed by atoms with van der Waals surface area (Å²) < 4.78 is 13.1. The predicted octanol–water partition coefficient (Wildman–Crippen LogP) is 0.357. The molecule has 1 aromatic heterocycles. The van der Waals surface area contributed by atoms with Gasteiger partial charge in [-0.25, -0.2) is 15.2 Å². The SMILES string of the molecule is CCN(C)c1nc(NN)ncc1F. The van der Waals surface area contributed by atoms with Crippen molar-refractivity contribution in [2.24, 2.45) is 5.84 Å². The molecule has 0 atom stereocenters. The van der Waals surface area contributed by atoms with Gasteiger partial charge in [0.1, 0.15) is 0 Å². The first-order valence-electron chi connectivity index (χ1n) is 3.89. The molecule has 1 heterocycles. The van der Waals surface area contributed by atoms with Crippen molar-refractivity contribution in [3.63, 3.8) is 0 Å². The maximum absolute atomic E-state index is 13.1. The molecule has 5 nitrogen and oxygen atoms in total. The van der Waals surface area contributed by atoms with Crippen LogP contribution in [-0.4, -0.2) is 23.6 Å². The molecule has 0 amide bonds. The molecule has 0 fully saturated rings. The van der Waals surface area contributed by atoms with Gasteiger partial charge in [0.05, 0.1) is 6.20 Å². The number of nitrogen functional groups attached to an aromatic ring is 1. The highest BCUT2D eigenvalue weighted by Crippen LogP contribution is 2.14. The number of nitrogens with one attached hydrogen (secondary N) is 1. The number of anilines is 2. The first-order chi connectivity index (χ1) is 6.19. The van der Waals surface area contributed by atoms with Crippen LogP contribution in [0.5, 0.6) is 0 Å². The fraction of sp³-hybridized carbons (Fsp3) is 0.429. The van der Waals surface area contributed by atoms with E-state index in [1.165, 1.54) is 0 Å². The van der Waals surface area contributed by atoms with Crippen LogP contribution >= 0.6 is 0 Å². The van der Waals surface area contributed by atoms with E-state index in [1.807, 2.05) is 6.92 Å². The van der Waals surface area contributed by atoms with Crippen LogP contribution < -0.4 is 16.2 Å². The number of hydrogen-bond donors (Lipinski definition) is 2. The fourth-order valence-electron chi connectivity index (χ4n) is 0.845. The average Bonchev–Trinajstić information content (AvgIpc) is 2.17. The van der Waals surface area contributed by atoms with Gasteiger partial charge < -0.3 is 4.90 Å². The quantitative estimate of drug-likeness (QED) is 0.525. The number of hydrazine groups is 1. The molecule has 0 bridgehead atoms. The highest BCUT2D eigenvalue weighted by atomic mass is 19.1. The normalized spacial score (nSPS) is 9.85. The van der Waals surface area contributed by atoms with E-state index in [-0.39, 0.29) is 11.8 Å². The van der Waals surface area contributed by atoms with E-state index in [2.05, 4.69) is 15.4 Å². The number of halogens is 1. The van der Waals surface area contributed by atoms with E-state index >= 15 is 0 Å². The van der Waals surface area contributed by atoms with Crippen LogP contribution in [0, 0.1) is 5.82 Å². The lowest BCUT2D eigenvalue weighted by atomic mass is 10.5. The Kier molecular flexibility index (Phi) is 2.97. The van der Waals surface area contributed by atoms with Gasteiger partial charge in [0, 0.05) is 13.6 Å². The molecule has 0 aliphatic rings. The van der Waals surface area contributed by atoms with Crippen molar-refractivity contribution in [2.75, 3.05) is 23.9 Å². The third kappa shape index (κ3) is 2.03. The molecule has 72 valence electrons. The minimum atomic E-state index is -0.455. The van der Waals surface area contributed by atoms with E-state index in [4.69, 9.17) is 5.84 Å². The smallest absolute Gasteiger partial charge is 0.239 e. The van der Waals surface area contributed by atoms with E-state index in [0.717, 1.165) is 6.20 Å². The Hall–Kier alpha value is -1.43. The summed E-state index contributed by atoms with van der Waals surface area (Å²) in [4.78, 5) is 9.15.